The second-order valence-corrected chi connectivity index (χ2v) is 6.66. The Hall–Kier alpha value is -2.47. The first-order valence-corrected chi connectivity index (χ1v) is 9.30. The Labute approximate surface area is 154 Å². The van der Waals surface area contributed by atoms with Crippen molar-refractivity contribution in [3.8, 4) is 0 Å². The Kier molecular flexibility index (Phi) is 6.55. The second kappa shape index (κ2) is 9.29. The van der Waals surface area contributed by atoms with E-state index in [0.29, 0.717) is 6.54 Å². The van der Waals surface area contributed by atoms with Crippen LogP contribution in [0.25, 0.3) is 0 Å². The normalized spacial score (nSPS) is 13.7. The number of fused-ring (bicyclic) bond motifs is 1. The maximum atomic E-state index is 12.4. The Morgan fingerprint density at radius 2 is 2.00 bits per heavy atom. The Morgan fingerprint density at radius 3 is 2.81 bits per heavy atom. The second-order valence-electron chi connectivity index (χ2n) is 6.66. The molecule has 1 amide bonds. The lowest BCUT2D eigenvalue weighted by Crippen LogP contribution is -2.25. The molecule has 26 heavy (non-hydrogen) atoms. The minimum Gasteiger partial charge on any atom is -0.356 e. The minimum atomic E-state index is -0.0667. The number of nitrogens with one attached hydrogen (secondary N) is 2. The van der Waals surface area contributed by atoms with Crippen molar-refractivity contribution in [2.75, 3.05) is 19.6 Å². The minimum absolute atomic E-state index is 0.0403. The molecule has 0 unspecified atom stereocenters. The number of carbonyl (C=O) groups excluding carboxylic acids is 2. The van der Waals surface area contributed by atoms with Crippen molar-refractivity contribution in [2.45, 2.75) is 38.6 Å². The highest BCUT2D eigenvalue weighted by Crippen LogP contribution is 2.17. The molecule has 1 aliphatic rings. The number of nitrogens with zero attached hydrogens (tertiary/aromatic N) is 2. The van der Waals surface area contributed by atoms with E-state index in [2.05, 4.69) is 21.7 Å². The van der Waals surface area contributed by atoms with E-state index in [1.807, 2.05) is 22.9 Å². The van der Waals surface area contributed by atoms with Crippen LogP contribution in [0.15, 0.2) is 36.9 Å². The van der Waals surface area contributed by atoms with Crippen molar-refractivity contribution in [1.29, 1.82) is 0 Å². The number of hydrogen-bond donors (Lipinski definition) is 2. The highest BCUT2D eigenvalue weighted by atomic mass is 16.2. The summed E-state index contributed by atoms with van der Waals surface area (Å²) in [5.74, 6) is -0.0264. The van der Waals surface area contributed by atoms with Crippen LogP contribution in [0.5, 0.6) is 0 Å². The molecule has 3 rings (SSSR count). The van der Waals surface area contributed by atoms with Crippen LogP contribution in [0.4, 0.5) is 0 Å². The first-order valence-electron chi connectivity index (χ1n) is 9.30. The summed E-state index contributed by atoms with van der Waals surface area (Å²) in [6, 6.07) is 5.97. The van der Waals surface area contributed by atoms with Crippen LogP contribution in [0.1, 0.15) is 40.7 Å². The lowest BCUT2D eigenvalue weighted by atomic mass is 9.97. The average Bonchev–Trinajstić information content (AvgIpc) is 3.06. The van der Waals surface area contributed by atoms with Gasteiger partial charge in [-0.3, -0.25) is 9.59 Å². The zero-order valence-corrected chi connectivity index (χ0v) is 15.0. The van der Waals surface area contributed by atoms with E-state index < -0.39 is 0 Å². The van der Waals surface area contributed by atoms with Gasteiger partial charge in [-0.05, 0) is 49.5 Å². The fourth-order valence-electron chi connectivity index (χ4n) is 3.22. The zero-order chi connectivity index (χ0) is 18.2. The molecule has 1 aliphatic heterocycles. The summed E-state index contributed by atoms with van der Waals surface area (Å²) in [5, 5.41) is 6.25. The largest absolute Gasteiger partial charge is 0.356 e. The van der Waals surface area contributed by atoms with E-state index in [9.17, 15) is 9.59 Å². The smallest absolute Gasteiger partial charge is 0.220 e. The lowest BCUT2D eigenvalue weighted by Gasteiger charge is -2.08. The number of carbonyl (C=O) groups is 2. The molecule has 2 N–H and O–H groups in total. The molecule has 0 fully saturated rings. The Morgan fingerprint density at radius 1 is 1.15 bits per heavy atom. The van der Waals surface area contributed by atoms with Gasteiger partial charge >= 0.3 is 0 Å². The third-order valence-corrected chi connectivity index (χ3v) is 4.72. The van der Waals surface area contributed by atoms with E-state index >= 15 is 0 Å². The molecule has 0 spiro atoms. The fraction of sp³-hybridized carbons (Fsp3) is 0.450. The Balaban J connectivity index is 1.40. The third-order valence-electron chi connectivity index (χ3n) is 4.72. The monoisotopic (exact) mass is 354 g/mol. The molecule has 6 heteroatoms. The van der Waals surface area contributed by atoms with Gasteiger partial charge in [0.2, 0.25) is 5.91 Å². The van der Waals surface area contributed by atoms with E-state index in [1.165, 1.54) is 11.1 Å². The summed E-state index contributed by atoms with van der Waals surface area (Å²) >= 11 is 0. The van der Waals surface area contributed by atoms with Crippen LogP contribution in [0.2, 0.25) is 0 Å². The summed E-state index contributed by atoms with van der Waals surface area (Å²) in [7, 11) is 0. The van der Waals surface area contributed by atoms with Crippen LogP contribution < -0.4 is 10.6 Å². The van der Waals surface area contributed by atoms with Crippen molar-refractivity contribution in [1.82, 2.24) is 20.2 Å². The van der Waals surface area contributed by atoms with Gasteiger partial charge in [-0.25, -0.2) is 4.98 Å². The highest BCUT2D eigenvalue weighted by Gasteiger charge is 2.13. The Bertz CT molecular complexity index is 740. The van der Waals surface area contributed by atoms with Crippen molar-refractivity contribution in [2.24, 2.45) is 0 Å². The molecule has 1 aromatic heterocycles. The number of hydrogen-bond acceptors (Lipinski definition) is 4. The first-order chi connectivity index (χ1) is 12.7. The number of benzene rings is 1. The van der Waals surface area contributed by atoms with Gasteiger partial charge in [0.1, 0.15) is 0 Å². The summed E-state index contributed by atoms with van der Waals surface area (Å²) < 4.78 is 1.98. The SMILES string of the molecule is O=C(CCC(=O)c1ccc2c(c1)CCNCC2)NCCCn1ccnc1. The molecule has 138 valence electrons. The molecule has 0 saturated heterocycles. The van der Waals surface area contributed by atoms with Crippen molar-refractivity contribution < 1.29 is 9.59 Å². The van der Waals surface area contributed by atoms with Crippen LogP contribution in [-0.2, 0) is 24.2 Å². The molecule has 6 nitrogen and oxygen atoms in total. The van der Waals surface area contributed by atoms with E-state index in [4.69, 9.17) is 0 Å². The van der Waals surface area contributed by atoms with Gasteiger partial charge in [-0.2, -0.15) is 0 Å². The van der Waals surface area contributed by atoms with Crippen molar-refractivity contribution in [3.05, 3.63) is 53.6 Å². The van der Waals surface area contributed by atoms with Gasteiger partial charge in [0.25, 0.3) is 0 Å². The standard InChI is InChI=1S/C20H26N4O2/c25-19(18-3-2-16-6-9-21-10-7-17(16)14-18)4-5-20(26)23-8-1-12-24-13-11-22-15-24/h2-3,11,13-15,21H,1,4-10,12H2,(H,23,26). The van der Waals surface area contributed by atoms with Gasteiger partial charge < -0.3 is 15.2 Å². The summed E-state index contributed by atoms with van der Waals surface area (Å²) in [5.41, 5.74) is 3.30. The molecule has 0 aliphatic carbocycles. The van der Waals surface area contributed by atoms with Gasteiger partial charge in [-0.1, -0.05) is 12.1 Å². The lowest BCUT2D eigenvalue weighted by molar-refractivity contribution is -0.121. The topological polar surface area (TPSA) is 76.0 Å². The molecule has 1 aromatic carbocycles. The van der Waals surface area contributed by atoms with Crippen LogP contribution in [0, 0.1) is 0 Å². The predicted molar refractivity (Wildman–Crippen MR) is 100 cm³/mol. The van der Waals surface area contributed by atoms with Gasteiger partial charge in [-0.15, -0.1) is 0 Å². The number of Topliss-reactive ketones (excluding diaryl/α,β-unsaturated/α-hetero) is 1. The van der Waals surface area contributed by atoms with Crippen molar-refractivity contribution in [3.63, 3.8) is 0 Å². The molecule has 0 saturated carbocycles. The number of ketones is 1. The quantitative estimate of drug-likeness (QED) is 0.559. The number of imidazole rings is 1. The number of rotatable bonds is 8. The highest BCUT2D eigenvalue weighted by molar-refractivity contribution is 5.98. The molecule has 0 atom stereocenters. The van der Waals surface area contributed by atoms with Crippen molar-refractivity contribution >= 4 is 11.7 Å². The van der Waals surface area contributed by atoms with E-state index in [1.54, 1.807) is 12.5 Å². The molecule has 0 bridgehead atoms. The van der Waals surface area contributed by atoms with Gasteiger partial charge in [0.05, 0.1) is 6.33 Å². The summed E-state index contributed by atoms with van der Waals surface area (Å²) in [6.45, 7) is 3.37. The summed E-state index contributed by atoms with van der Waals surface area (Å²) in [4.78, 5) is 28.3. The maximum Gasteiger partial charge on any atom is 0.220 e. The summed E-state index contributed by atoms with van der Waals surface area (Å²) in [6.07, 6.45) is 8.69. The molecular formula is C20H26N4O2. The third kappa shape index (κ3) is 5.26. The number of aryl methyl sites for hydroxylation is 1. The number of aromatic nitrogens is 2. The molecular weight excluding hydrogens is 328 g/mol. The predicted octanol–water partition coefficient (Wildman–Crippen LogP) is 1.74. The number of amides is 1. The van der Waals surface area contributed by atoms with E-state index in [0.717, 1.165) is 44.5 Å². The zero-order valence-electron chi connectivity index (χ0n) is 15.0. The van der Waals surface area contributed by atoms with Gasteiger partial charge in [0.15, 0.2) is 5.78 Å². The van der Waals surface area contributed by atoms with E-state index in [-0.39, 0.29) is 24.5 Å². The average molecular weight is 354 g/mol. The fourth-order valence-corrected chi connectivity index (χ4v) is 3.22. The van der Waals surface area contributed by atoms with Crippen LogP contribution in [-0.4, -0.2) is 40.9 Å². The van der Waals surface area contributed by atoms with Crippen LogP contribution in [0.3, 0.4) is 0 Å². The van der Waals surface area contributed by atoms with Crippen LogP contribution >= 0.6 is 0 Å². The molecule has 2 heterocycles. The van der Waals surface area contributed by atoms with Gasteiger partial charge in [0, 0.05) is 43.9 Å². The maximum absolute atomic E-state index is 12.4. The molecule has 2 aromatic rings. The first kappa shape index (κ1) is 18.3. The molecule has 0 radical (unpaired) electrons.